The minimum Gasteiger partial charge on any atom is -0.466 e. The first-order chi connectivity index (χ1) is 9.95. The molecule has 21 heavy (non-hydrogen) atoms. The summed E-state index contributed by atoms with van der Waals surface area (Å²) < 4.78 is 5.01. The number of amides is 1. The van der Waals surface area contributed by atoms with Gasteiger partial charge in [-0.25, -0.2) is 0 Å². The Kier molecular flexibility index (Phi) is 6.88. The zero-order valence-corrected chi connectivity index (χ0v) is 13.2. The lowest BCUT2D eigenvalue weighted by Crippen LogP contribution is -2.36. The minimum atomic E-state index is -0.268. The maximum atomic E-state index is 11.8. The molecule has 0 saturated carbocycles. The van der Waals surface area contributed by atoms with E-state index in [1.54, 1.807) is 21.0 Å². The van der Waals surface area contributed by atoms with E-state index in [1.165, 1.54) is 4.90 Å². The molecule has 1 aromatic carbocycles. The van der Waals surface area contributed by atoms with Gasteiger partial charge in [0.2, 0.25) is 5.91 Å². The number of ether oxygens (including phenoxy) is 1. The van der Waals surface area contributed by atoms with Gasteiger partial charge in [-0.2, -0.15) is 0 Å². The molecular weight excluding hydrogens is 268 g/mol. The monoisotopic (exact) mass is 292 g/mol. The molecule has 5 nitrogen and oxygen atoms in total. The Labute approximate surface area is 126 Å². The average Bonchev–Trinajstić information content (AvgIpc) is 2.44. The van der Waals surface area contributed by atoms with Crippen molar-refractivity contribution in [2.75, 3.05) is 27.2 Å². The fourth-order valence-electron chi connectivity index (χ4n) is 2.03. The number of nitrogens with one attached hydrogen (secondary N) is 1. The highest BCUT2D eigenvalue weighted by Crippen LogP contribution is 2.21. The Morgan fingerprint density at radius 2 is 1.95 bits per heavy atom. The molecule has 0 aliphatic heterocycles. The molecule has 1 rings (SSSR count). The number of aryl methyl sites for hydroxylation is 1. The fraction of sp³-hybridized carbons (Fsp3) is 0.500. The van der Waals surface area contributed by atoms with Crippen molar-refractivity contribution in [3.63, 3.8) is 0 Å². The van der Waals surface area contributed by atoms with Crippen LogP contribution < -0.4 is 5.32 Å². The molecular formula is C16H24N2O3. The van der Waals surface area contributed by atoms with Crippen LogP contribution in [0.25, 0.3) is 0 Å². The average molecular weight is 292 g/mol. The summed E-state index contributed by atoms with van der Waals surface area (Å²) in [6.45, 7) is 4.31. The van der Waals surface area contributed by atoms with Gasteiger partial charge in [-0.05, 0) is 25.0 Å². The fourth-order valence-corrected chi connectivity index (χ4v) is 2.03. The van der Waals surface area contributed by atoms with Crippen LogP contribution in [-0.4, -0.2) is 44.0 Å². The van der Waals surface area contributed by atoms with Crippen molar-refractivity contribution < 1.29 is 14.3 Å². The molecule has 0 bridgehead atoms. The summed E-state index contributed by atoms with van der Waals surface area (Å²) in [6.07, 6.45) is 0.208. The van der Waals surface area contributed by atoms with Crippen LogP contribution in [0.2, 0.25) is 0 Å². The summed E-state index contributed by atoms with van der Waals surface area (Å²) in [4.78, 5) is 25.0. The van der Waals surface area contributed by atoms with Gasteiger partial charge in [-0.1, -0.05) is 24.3 Å². The maximum absolute atomic E-state index is 11.8. The highest BCUT2D eigenvalue weighted by Gasteiger charge is 2.19. The number of esters is 1. The third-order valence-corrected chi connectivity index (χ3v) is 3.24. The summed E-state index contributed by atoms with van der Waals surface area (Å²) in [5.74, 6) is -0.298. The largest absolute Gasteiger partial charge is 0.466 e. The second-order valence-corrected chi connectivity index (χ2v) is 5.09. The van der Waals surface area contributed by atoms with Gasteiger partial charge < -0.3 is 15.0 Å². The van der Waals surface area contributed by atoms with Gasteiger partial charge in [0.15, 0.2) is 0 Å². The van der Waals surface area contributed by atoms with Gasteiger partial charge >= 0.3 is 5.97 Å². The van der Waals surface area contributed by atoms with Crippen LogP contribution in [0.5, 0.6) is 0 Å². The lowest BCUT2D eigenvalue weighted by atomic mass is 9.99. The van der Waals surface area contributed by atoms with Gasteiger partial charge in [-0.15, -0.1) is 0 Å². The van der Waals surface area contributed by atoms with Crippen LogP contribution in [0.15, 0.2) is 24.3 Å². The van der Waals surface area contributed by atoms with Crippen molar-refractivity contribution in [3.05, 3.63) is 35.4 Å². The summed E-state index contributed by atoms with van der Waals surface area (Å²) in [5.41, 5.74) is 2.09. The van der Waals surface area contributed by atoms with E-state index in [4.69, 9.17) is 4.74 Å². The zero-order valence-electron chi connectivity index (χ0n) is 13.2. The van der Waals surface area contributed by atoms with Crippen LogP contribution >= 0.6 is 0 Å². The summed E-state index contributed by atoms with van der Waals surface area (Å²) in [5, 5.41) is 3.16. The number of carbonyl (C=O) groups excluding carboxylic acids is 2. The molecule has 0 spiro atoms. The molecule has 1 aromatic rings. The van der Waals surface area contributed by atoms with Gasteiger partial charge in [0.05, 0.1) is 19.6 Å². The number of likely N-dealkylation sites (N-methyl/N-ethyl adjacent to an activating group) is 1. The Morgan fingerprint density at radius 3 is 2.52 bits per heavy atom. The van der Waals surface area contributed by atoms with Crippen molar-refractivity contribution in [2.24, 2.45) is 0 Å². The van der Waals surface area contributed by atoms with Crippen molar-refractivity contribution in [3.8, 4) is 0 Å². The molecule has 1 amide bonds. The van der Waals surface area contributed by atoms with Crippen molar-refractivity contribution >= 4 is 11.9 Å². The minimum absolute atomic E-state index is 0.0301. The topological polar surface area (TPSA) is 58.6 Å². The molecule has 0 heterocycles. The molecule has 5 heteroatoms. The van der Waals surface area contributed by atoms with E-state index in [2.05, 4.69) is 5.32 Å². The van der Waals surface area contributed by atoms with E-state index >= 15 is 0 Å². The van der Waals surface area contributed by atoms with E-state index in [0.717, 1.165) is 11.1 Å². The quantitative estimate of drug-likeness (QED) is 0.777. The Morgan fingerprint density at radius 1 is 1.29 bits per heavy atom. The van der Waals surface area contributed by atoms with Gasteiger partial charge in [0.25, 0.3) is 0 Å². The summed E-state index contributed by atoms with van der Waals surface area (Å²) in [7, 11) is 3.41. The van der Waals surface area contributed by atoms with E-state index in [1.807, 2.05) is 31.2 Å². The Bertz CT molecular complexity index is 486. The van der Waals surface area contributed by atoms with Crippen LogP contribution in [-0.2, 0) is 14.3 Å². The number of carbonyl (C=O) groups is 2. The predicted molar refractivity (Wildman–Crippen MR) is 81.9 cm³/mol. The van der Waals surface area contributed by atoms with E-state index in [-0.39, 0.29) is 30.9 Å². The number of hydrogen-bond acceptors (Lipinski definition) is 4. The molecule has 0 saturated heterocycles. The molecule has 0 aliphatic rings. The van der Waals surface area contributed by atoms with Crippen molar-refractivity contribution in [1.82, 2.24) is 10.2 Å². The molecule has 1 N–H and O–H groups in total. The van der Waals surface area contributed by atoms with E-state index < -0.39 is 0 Å². The smallest absolute Gasteiger partial charge is 0.307 e. The van der Waals surface area contributed by atoms with Crippen LogP contribution in [0.3, 0.4) is 0 Å². The normalized spacial score (nSPS) is 11.8. The number of rotatable bonds is 7. The first kappa shape index (κ1) is 17.2. The second kappa shape index (κ2) is 8.42. The maximum Gasteiger partial charge on any atom is 0.307 e. The van der Waals surface area contributed by atoms with Crippen LogP contribution in [0.4, 0.5) is 0 Å². The third kappa shape index (κ3) is 5.55. The number of benzene rings is 1. The first-order valence-corrected chi connectivity index (χ1v) is 7.10. The second-order valence-electron chi connectivity index (χ2n) is 5.09. The molecule has 1 atom stereocenters. The number of nitrogens with zero attached hydrogens (tertiary/aromatic N) is 1. The van der Waals surface area contributed by atoms with Crippen LogP contribution in [0.1, 0.15) is 30.5 Å². The van der Waals surface area contributed by atoms with Crippen molar-refractivity contribution in [1.29, 1.82) is 0 Å². The first-order valence-electron chi connectivity index (χ1n) is 7.10. The lowest BCUT2D eigenvalue weighted by Gasteiger charge is -2.21. The van der Waals surface area contributed by atoms with Crippen molar-refractivity contribution in [2.45, 2.75) is 26.3 Å². The molecule has 0 aliphatic carbocycles. The Balaban J connectivity index is 2.82. The summed E-state index contributed by atoms with van der Waals surface area (Å²) >= 11 is 0. The highest BCUT2D eigenvalue weighted by molar-refractivity contribution is 5.78. The van der Waals surface area contributed by atoms with E-state index in [0.29, 0.717) is 6.61 Å². The number of hydrogen-bond donors (Lipinski definition) is 1. The SMILES string of the molecule is CCOC(=O)C[C@H](NCC(=O)N(C)C)c1ccccc1C. The Hall–Kier alpha value is -1.88. The predicted octanol–water partition coefficient (Wildman–Crippen LogP) is 1.67. The lowest BCUT2D eigenvalue weighted by molar-refractivity contribution is -0.144. The molecule has 0 fully saturated rings. The third-order valence-electron chi connectivity index (χ3n) is 3.24. The van der Waals surface area contributed by atoms with E-state index in [9.17, 15) is 9.59 Å². The molecule has 0 aromatic heterocycles. The standard InChI is InChI=1S/C16H24N2O3/c1-5-21-16(20)10-14(17-11-15(19)18(3)4)13-9-7-6-8-12(13)2/h6-9,14,17H,5,10-11H2,1-4H3/t14-/m0/s1. The van der Waals surface area contributed by atoms with Gasteiger partial charge in [-0.3, -0.25) is 9.59 Å². The van der Waals surface area contributed by atoms with Gasteiger partial charge in [0, 0.05) is 20.1 Å². The molecule has 0 radical (unpaired) electrons. The zero-order chi connectivity index (χ0) is 15.8. The molecule has 0 unspecified atom stereocenters. The highest BCUT2D eigenvalue weighted by atomic mass is 16.5. The van der Waals surface area contributed by atoms with Crippen LogP contribution in [0, 0.1) is 6.92 Å². The molecule has 116 valence electrons. The van der Waals surface area contributed by atoms with Gasteiger partial charge in [0.1, 0.15) is 0 Å². The summed E-state index contributed by atoms with van der Waals surface area (Å²) in [6, 6.07) is 7.60.